The topological polar surface area (TPSA) is 26.7 Å². The Morgan fingerprint density at radius 1 is 1.29 bits per heavy atom. The van der Waals surface area contributed by atoms with Gasteiger partial charge in [-0.3, -0.25) is 0 Å². The highest BCUT2D eigenvalue weighted by atomic mass is 32.2. The first-order valence-electron chi connectivity index (χ1n) is 4.56. The van der Waals surface area contributed by atoms with E-state index in [1.165, 1.54) is 11.9 Å². The van der Waals surface area contributed by atoms with Gasteiger partial charge in [0, 0.05) is 20.6 Å². The molecular weight excluding hydrogens is 196 g/mol. The lowest BCUT2D eigenvalue weighted by atomic mass is 10.3. The fraction of sp³-hybridized carbons (Fsp3) is 0.400. The number of hydrogen-bond donors (Lipinski definition) is 1. The maximum absolute atomic E-state index is 9.57. The molecule has 0 heterocycles. The summed E-state index contributed by atoms with van der Waals surface area (Å²) < 4.78 is 2.06. The number of benzene rings is 1. The highest BCUT2D eigenvalue weighted by molar-refractivity contribution is 7.97. The van der Waals surface area contributed by atoms with Crippen molar-refractivity contribution in [3.8, 4) is 5.75 Å². The zero-order valence-electron chi connectivity index (χ0n) is 8.77. The molecule has 0 saturated carbocycles. The Morgan fingerprint density at radius 3 is 2.43 bits per heavy atom. The molecule has 1 rings (SSSR count). The molecule has 0 aliphatic rings. The molecule has 3 nitrogen and oxygen atoms in total. The molecule has 0 atom stereocenters. The van der Waals surface area contributed by atoms with Crippen LogP contribution in [0.4, 0.5) is 0 Å². The molecule has 0 aliphatic heterocycles. The number of aromatic hydroxyl groups is 1. The third-order valence-corrected chi connectivity index (χ3v) is 3.12. The van der Waals surface area contributed by atoms with Crippen LogP contribution >= 0.6 is 11.9 Å². The van der Waals surface area contributed by atoms with Gasteiger partial charge in [0.15, 0.2) is 0 Å². The first-order valence-corrected chi connectivity index (χ1v) is 5.33. The summed E-state index contributed by atoms with van der Waals surface area (Å²) in [7, 11) is 3.97. The minimum absolute atomic E-state index is 0.331. The van der Waals surface area contributed by atoms with Crippen LogP contribution < -0.4 is 0 Å². The molecule has 1 aromatic carbocycles. The molecule has 0 amide bonds. The number of phenols is 1. The first kappa shape index (κ1) is 11.4. The van der Waals surface area contributed by atoms with Crippen molar-refractivity contribution in [3.05, 3.63) is 24.3 Å². The SMILES string of the molecule is CCN(Sc1ccccc1O)N(C)C. The van der Waals surface area contributed by atoms with Crippen LogP contribution in [0.1, 0.15) is 6.92 Å². The number of phenolic OH excluding ortho intramolecular Hbond substituents is 1. The van der Waals surface area contributed by atoms with Gasteiger partial charge in [0.2, 0.25) is 0 Å². The quantitative estimate of drug-likeness (QED) is 0.611. The zero-order chi connectivity index (χ0) is 10.6. The molecule has 0 fully saturated rings. The molecule has 14 heavy (non-hydrogen) atoms. The minimum atomic E-state index is 0.331. The van der Waals surface area contributed by atoms with E-state index in [0.29, 0.717) is 5.75 Å². The largest absolute Gasteiger partial charge is 0.507 e. The van der Waals surface area contributed by atoms with Crippen molar-refractivity contribution in [1.82, 2.24) is 9.42 Å². The second-order valence-corrected chi connectivity index (χ2v) is 4.12. The third kappa shape index (κ3) is 2.90. The van der Waals surface area contributed by atoms with Gasteiger partial charge in [-0.15, -0.1) is 0 Å². The van der Waals surface area contributed by atoms with Crippen molar-refractivity contribution >= 4 is 11.9 Å². The van der Waals surface area contributed by atoms with Crippen molar-refractivity contribution < 1.29 is 5.11 Å². The Bertz CT molecular complexity index is 291. The average molecular weight is 212 g/mol. The number of hydrogen-bond acceptors (Lipinski definition) is 4. The van der Waals surface area contributed by atoms with Gasteiger partial charge in [-0.1, -0.05) is 19.1 Å². The van der Waals surface area contributed by atoms with Gasteiger partial charge in [-0.25, -0.2) is 5.01 Å². The molecule has 0 unspecified atom stereocenters. The lowest BCUT2D eigenvalue weighted by Gasteiger charge is -2.25. The van der Waals surface area contributed by atoms with Crippen LogP contribution in [0.3, 0.4) is 0 Å². The number of para-hydroxylation sites is 1. The van der Waals surface area contributed by atoms with E-state index >= 15 is 0 Å². The molecule has 0 saturated heterocycles. The highest BCUT2D eigenvalue weighted by Gasteiger charge is 2.09. The van der Waals surface area contributed by atoms with Gasteiger partial charge in [0.25, 0.3) is 0 Å². The molecule has 0 spiro atoms. The van der Waals surface area contributed by atoms with Crippen LogP contribution in [0.25, 0.3) is 0 Å². The van der Waals surface area contributed by atoms with E-state index in [1.807, 2.05) is 37.3 Å². The third-order valence-electron chi connectivity index (χ3n) is 1.79. The molecule has 0 radical (unpaired) electrons. The molecule has 4 heteroatoms. The van der Waals surface area contributed by atoms with Gasteiger partial charge in [0.1, 0.15) is 5.75 Å². The van der Waals surface area contributed by atoms with Gasteiger partial charge in [0.05, 0.1) is 4.90 Å². The molecular formula is C10H16N2OS. The highest BCUT2D eigenvalue weighted by Crippen LogP contribution is 2.30. The summed E-state index contributed by atoms with van der Waals surface area (Å²) in [5.74, 6) is 0.331. The maximum Gasteiger partial charge on any atom is 0.130 e. The van der Waals surface area contributed by atoms with Crippen LogP contribution in [0, 0.1) is 0 Å². The Morgan fingerprint density at radius 2 is 1.93 bits per heavy atom. The Hall–Kier alpha value is -0.710. The molecule has 0 aliphatic carbocycles. The normalized spacial score (nSPS) is 11.2. The van der Waals surface area contributed by atoms with E-state index in [-0.39, 0.29) is 0 Å². The molecule has 1 N–H and O–H groups in total. The van der Waals surface area contributed by atoms with Gasteiger partial charge in [-0.05, 0) is 24.1 Å². The van der Waals surface area contributed by atoms with Crippen LogP contribution in [0.15, 0.2) is 29.2 Å². The second kappa shape index (κ2) is 5.24. The van der Waals surface area contributed by atoms with E-state index < -0.39 is 0 Å². The number of hydrazine groups is 1. The van der Waals surface area contributed by atoms with Crippen LogP contribution in [0.5, 0.6) is 5.75 Å². The van der Waals surface area contributed by atoms with E-state index in [2.05, 4.69) is 11.3 Å². The lowest BCUT2D eigenvalue weighted by Crippen LogP contribution is -2.30. The fourth-order valence-electron chi connectivity index (χ4n) is 1.08. The average Bonchev–Trinajstić information content (AvgIpc) is 2.16. The summed E-state index contributed by atoms with van der Waals surface area (Å²) in [6.45, 7) is 2.97. The maximum atomic E-state index is 9.57. The van der Waals surface area contributed by atoms with Crippen LogP contribution in [0.2, 0.25) is 0 Å². The number of nitrogens with zero attached hydrogens (tertiary/aromatic N) is 2. The van der Waals surface area contributed by atoms with Gasteiger partial charge >= 0.3 is 0 Å². The Kier molecular flexibility index (Phi) is 4.25. The van der Waals surface area contributed by atoms with Gasteiger partial charge < -0.3 is 5.11 Å². The van der Waals surface area contributed by atoms with E-state index in [4.69, 9.17) is 0 Å². The number of rotatable bonds is 4. The predicted molar refractivity (Wildman–Crippen MR) is 60.0 cm³/mol. The summed E-state index contributed by atoms with van der Waals surface area (Å²) in [4.78, 5) is 0.878. The van der Waals surface area contributed by atoms with Gasteiger partial charge in [-0.2, -0.15) is 4.41 Å². The van der Waals surface area contributed by atoms with E-state index in [1.54, 1.807) is 6.07 Å². The molecule has 0 aromatic heterocycles. The summed E-state index contributed by atoms with van der Waals surface area (Å²) >= 11 is 1.53. The van der Waals surface area contributed by atoms with Crippen molar-refractivity contribution in [2.75, 3.05) is 20.6 Å². The standard InChI is InChI=1S/C10H16N2OS/c1-4-12(11(2)3)14-10-8-6-5-7-9(10)13/h5-8,13H,4H2,1-3H3. The van der Waals surface area contributed by atoms with Crippen molar-refractivity contribution in [2.45, 2.75) is 11.8 Å². The van der Waals surface area contributed by atoms with Crippen molar-refractivity contribution in [2.24, 2.45) is 0 Å². The van der Waals surface area contributed by atoms with Crippen LogP contribution in [-0.4, -0.2) is 35.2 Å². The summed E-state index contributed by atoms with van der Waals surface area (Å²) in [5.41, 5.74) is 0. The Labute approximate surface area is 89.4 Å². The minimum Gasteiger partial charge on any atom is -0.507 e. The molecule has 78 valence electrons. The second-order valence-electron chi connectivity index (χ2n) is 3.07. The predicted octanol–water partition coefficient (Wildman–Crippen LogP) is 2.20. The summed E-state index contributed by atoms with van der Waals surface area (Å²) in [6, 6.07) is 7.36. The smallest absolute Gasteiger partial charge is 0.130 e. The van der Waals surface area contributed by atoms with Crippen LogP contribution in [-0.2, 0) is 0 Å². The van der Waals surface area contributed by atoms with E-state index in [9.17, 15) is 5.11 Å². The zero-order valence-corrected chi connectivity index (χ0v) is 9.58. The first-order chi connectivity index (χ1) is 6.65. The van der Waals surface area contributed by atoms with Crippen molar-refractivity contribution in [3.63, 3.8) is 0 Å². The molecule has 0 bridgehead atoms. The van der Waals surface area contributed by atoms with Crippen molar-refractivity contribution in [1.29, 1.82) is 0 Å². The lowest BCUT2D eigenvalue weighted by molar-refractivity contribution is 0.151. The van der Waals surface area contributed by atoms with E-state index in [0.717, 1.165) is 11.4 Å². The molecule has 1 aromatic rings. The Balaban J connectivity index is 2.72. The summed E-state index contributed by atoms with van der Waals surface area (Å²) in [6.07, 6.45) is 0. The fourth-order valence-corrected chi connectivity index (χ4v) is 1.90. The monoisotopic (exact) mass is 212 g/mol. The summed E-state index contributed by atoms with van der Waals surface area (Å²) in [5, 5.41) is 11.6.